The Hall–Kier alpha value is -2.78. The molecule has 1 aliphatic rings. The summed E-state index contributed by atoms with van der Waals surface area (Å²) in [6.45, 7) is 4.52. The average Bonchev–Trinajstić information content (AvgIpc) is 3.00. The number of carboxylic acid groups (broad SMARTS) is 1. The second-order valence-corrected chi connectivity index (χ2v) is 8.05. The van der Waals surface area contributed by atoms with Gasteiger partial charge in [-0.25, -0.2) is 9.79 Å². The van der Waals surface area contributed by atoms with Gasteiger partial charge in [0.15, 0.2) is 16.7 Å². The minimum atomic E-state index is -1.01. The largest absolute Gasteiger partial charge is 0.503 e. The van der Waals surface area contributed by atoms with E-state index in [0.29, 0.717) is 44.7 Å². The zero-order valence-electron chi connectivity index (χ0n) is 16.3. The number of carbonyl (C=O) groups excluding carboxylic acids is 1. The number of thioether (sulfide) groups is 1. The van der Waals surface area contributed by atoms with Gasteiger partial charge in [0, 0.05) is 6.54 Å². The van der Waals surface area contributed by atoms with Crippen LogP contribution in [0.5, 0.6) is 11.5 Å². The van der Waals surface area contributed by atoms with E-state index in [0.717, 1.165) is 0 Å². The van der Waals surface area contributed by atoms with E-state index in [-0.39, 0.29) is 17.2 Å². The summed E-state index contributed by atoms with van der Waals surface area (Å²) in [5, 5.41) is 19.6. The molecular formula is C21H19BrN2O5S. The average molecular weight is 491 g/mol. The summed E-state index contributed by atoms with van der Waals surface area (Å²) < 4.78 is 5.91. The first kappa shape index (κ1) is 21.9. The Bertz CT molecular complexity index is 1050. The van der Waals surface area contributed by atoms with Crippen LogP contribution in [-0.4, -0.2) is 45.3 Å². The number of phenolic OH excluding ortho intramolecular Hbond substituents is 1. The van der Waals surface area contributed by atoms with Crippen molar-refractivity contribution in [1.29, 1.82) is 0 Å². The van der Waals surface area contributed by atoms with E-state index >= 15 is 0 Å². The van der Waals surface area contributed by atoms with E-state index in [9.17, 15) is 14.7 Å². The lowest BCUT2D eigenvalue weighted by Crippen LogP contribution is -2.28. The fraction of sp³-hybridized carbons (Fsp3) is 0.190. The first-order valence-corrected chi connectivity index (χ1v) is 10.7. The summed E-state index contributed by atoms with van der Waals surface area (Å²) in [5.74, 6) is -0.849. The van der Waals surface area contributed by atoms with Gasteiger partial charge >= 0.3 is 5.97 Å². The van der Waals surface area contributed by atoms with Crippen molar-refractivity contribution < 1.29 is 24.5 Å². The Morgan fingerprint density at radius 2 is 1.97 bits per heavy atom. The number of likely N-dealkylation sites (N-methyl/N-ethyl adjacent to an activating group) is 1. The fourth-order valence-corrected chi connectivity index (χ4v) is 4.28. The van der Waals surface area contributed by atoms with Gasteiger partial charge in [-0.1, -0.05) is 0 Å². The van der Waals surface area contributed by atoms with Crippen LogP contribution in [0.25, 0.3) is 6.08 Å². The Balaban J connectivity index is 1.93. The standard InChI is InChI=1S/C21H19BrN2O5S/c1-3-24-19(26)17(11-12-9-15(22)18(25)16(10-12)29-4-2)30-21(24)23-14-7-5-13(6-8-14)20(27)28/h5-11,25H,3-4H2,1-2H3,(H,27,28)/b17-11-,23-21?. The highest BCUT2D eigenvalue weighted by Crippen LogP contribution is 2.38. The van der Waals surface area contributed by atoms with E-state index in [2.05, 4.69) is 20.9 Å². The molecule has 30 heavy (non-hydrogen) atoms. The second kappa shape index (κ2) is 9.36. The van der Waals surface area contributed by atoms with E-state index in [1.807, 2.05) is 13.8 Å². The third-order valence-corrected chi connectivity index (χ3v) is 5.80. The molecule has 0 atom stereocenters. The summed E-state index contributed by atoms with van der Waals surface area (Å²) in [7, 11) is 0. The third kappa shape index (κ3) is 4.68. The molecule has 7 nitrogen and oxygen atoms in total. The van der Waals surface area contributed by atoms with Gasteiger partial charge in [-0.15, -0.1) is 0 Å². The monoisotopic (exact) mass is 490 g/mol. The van der Waals surface area contributed by atoms with Crippen molar-refractivity contribution in [2.24, 2.45) is 4.99 Å². The van der Waals surface area contributed by atoms with Crippen molar-refractivity contribution in [3.63, 3.8) is 0 Å². The number of aromatic carboxylic acids is 1. The molecule has 0 saturated carbocycles. The first-order chi connectivity index (χ1) is 14.3. The minimum absolute atomic E-state index is 0.00615. The van der Waals surface area contributed by atoms with Gasteiger partial charge in [0.1, 0.15) is 0 Å². The Morgan fingerprint density at radius 3 is 2.57 bits per heavy atom. The molecule has 2 aromatic carbocycles. The minimum Gasteiger partial charge on any atom is -0.503 e. The molecule has 0 aromatic heterocycles. The molecule has 2 aromatic rings. The smallest absolute Gasteiger partial charge is 0.335 e. The van der Waals surface area contributed by atoms with Gasteiger partial charge in [0.25, 0.3) is 5.91 Å². The molecule has 0 spiro atoms. The molecule has 0 aliphatic carbocycles. The van der Waals surface area contributed by atoms with Crippen molar-refractivity contribution in [1.82, 2.24) is 4.90 Å². The SMILES string of the molecule is CCOc1cc(/C=C2\SC(=Nc3ccc(C(=O)O)cc3)N(CC)C2=O)cc(Br)c1O. The molecule has 0 bridgehead atoms. The maximum Gasteiger partial charge on any atom is 0.335 e. The number of benzene rings is 2. The number of aliphatic imine (C=N–C) groups is 1. The molecule has 1 fully saturated rings. The number of carboxylic acids is 1. The highest BCUT2D eigenvalue weighted by atomic mass is 79.9. The van der Waals surface area contributed by atoms with Crippen LogP contribution < -0.4 is 4.74 Å². The lowest BCUT2D eigenvalue weighted by molar-refractivity contribution is -0.122. The molecule has 2 N–H and O–H groups in total. The van der Waals surface area contributed by atoms with E-state index in [4.69, 9.17) is 9.84 Å². The molecule has 9 heteroatoms. The van der Waals surface area contributed by atoms with Crippen LogP contribution in [0.15, 0.2) is 50.8 Å². The maximum atomic E-state index is 12.8. The molecular weight excluding hydrogens is 472 g/mol. The zero-order chi connectivity index (χ0) is 21.8. The van der Waals surface area contributed by atoms with Crippen LogP contribution in [0.1, 0.15) is 29.8 Å². The number of hydrogen-bond donors (Lipinski definition) is 2. The van der Waals surface area contributed by atoms with Crippen molar-refractivity contribution in [2.45, 2.75) is 13.8 Å². The molecule has 1 aliphatic heterocycles. The van der Waals surface area contributed by atoms with Crippen molar-refractivity contribution in [2.75, 3.05) is 13.2 Å². The number of halogens is 1. The number of nitrogens with zero attached hydrogens (tertiary/aromatic N) is 2. The van der Waals surface area contributed by atoms with E-state index in [1.54, 1.807) is 35.2 Å². The normalized spacial score (nSPS) is 16.5. The fourth-order valence-electron chi connectivity index (χ4n) is 2.75. The van der Waals surface area contributed by atoms with Crippen LogP contribution >= 0.6 is 27.7 Å². The van der Waals surface area contributed by atoms with Crippen LogP contribution in [-0.2, 0) is 4.79 Å². The number of hydrogen-bond acceptors (Lipinski definition) is 6. The number of aromatic hydroxyl groups is 1. The summed E-state index contributed by atoms with van der Waals surface area (Å²) in [6, 6.07) is 9.51. The number of ether oxygens (including phenoxy) is 1. The van der Waals surface area contributed by atoms with Crippen LogP contribution in [0, 0.1) is 0 Å². The van der Waals surface area contributed by atoms with Crippen molar-refractivity contribution in [3.05, 3.63) is 56.9 Å². The lowest BCUT2D eigenvalue weighted by atomic mass is 10.2. The highest BCUT2D eigenvalue weighted by Gasteiger charge is 2.32. The Kier molecular flexibility index (Phi) is 6.84. The van der Waals surface area contributed by atoms with Crippen LogP contribution in [0.3, 0.4) is 0 Å². The topological polar surface area (TPSA) is 99.4 Å². The van der Waals surface area contributed by atoms with Gasteiger partial charge in [-0.2, -0.15) is 0 Å². The molecule has 1 saturated heterocycles. The van der Waals surface area contributed by atoms with E-state index < -0.39 is 5.97 Å². The van der Waals surface area contributed by atoms with Gasteiger partial charge in [-0.3, -0.25) is 9.69 Å². The molecule has 3 rings (SSSR count). The molecule has 0 unspecified atom stereocenters. The number of amides is 1. The predicted molar refractivity (Wildman–Crippen MR) is 120 cm³/mol. The van der Waals surface area contributed by atoms with Crippen LogP contribution in [0.4, 0.5) is 5.69 Å². The maximum absolute atomic E-state index is 12.8. The number of amidine groups is 1. The highest BCUT2D eigenvalue weighted by molar-refractivity contribution is 9.10. The summed E-state index contributed by atoms with van der Waals surface area (Å²) in [4.78, 5) is 30.4. The predicted octanol–water partition coefficient (Wildman–Crippen LogP) is 4.88. The summed E-state index contributed by atoms with van der Waals surface area (Å²) in [5.41, 5.74) is 1.42. The van der Waals surface area contributed by atoms with Crippen molar-refractivity contribution in [3.8, 4) is 11.5 Å². The van der Waals surface area contributed by atoms with Gasteiger partial charge < -0.3 is 14.9 Å². The summed E-state index contributed by atoms with van der Waals surface area (Å²) in [6.07, 6.45) is 1.72. The van der Waals surface area contributed by atoms with E-state index in [1.165, 1.54) is 23.9 Å². The number of rotatable bonds is 6. The van der Waals surface area contributed by atoms with Crippen LogP contribution in [0.2, 0.25) is 0 Å². The van der Waals surface area contributed by atoms with Gasteiger partial charge in [-0.05, 0) is 89.6 Å². The molecule has 156 valence electrons. The number of carbonyl (C=O) groups is 2. The Morgan fingerprint density at radius 1 is 1.27 bits per heavy atom. The van der Waals surface area contributed by atoms with Crippen molar-refractivity contribution >= 4 is 56.5 Å². The Labute approximate surface area is 186 Å². The molecule has 1 amide bonds. The molecule has 1 heterocycles. The van der Waals surface area contributed by atoms with Gasteiger partial charge in [0.2, 0.25) is 0 Å². The quantitative estimate of drug-likeness (QED) is 0.560. The summed E-state index contributed by atoms with van der Waals surface area (Å²) >= 11 is 4.54. The molecule has 0 radical (unpaired) electrons. The lowest BCUT2D eigenvalue weighted by Gasteiger charge is -2.12. The zero-order valence-corrected chi connectivity index (χ0v) is 18.7. The van der Waals surface area contributed by atoms with Gasteiger partial charge in [0.05, 0.1) is 27.2 Å². The third-order valence-electron chi connectivity index (χ3n) is 4.19. The number of phenols is 1. The second-order valence-electron chi connectivity index (χ2n) is 6.19. The first-order valence-electron chi connectivity index (χ1n) is 9.12.